The number of carbonyl (C=O) groups excluding carboxylic acids is 1. The Morgan fingerprint density at radius 1 is 1.29 bits per heavy atom. The van der Waals surface area contributed by atoms with Crippen molar-refractivity contribution in [2.24, 2.45) is 5.92 Å². The molecule has 0 spiro atoms. The summed E-state index contributed by atoms with van der Waals surface area (Å²) in [6.07, 6.45) is -3.62. The van der Waals surface area contributed by atoms with Gasteiger partial charge < -0.3 is 0 Å². The lowest BCUT2D eigenvalue weighted by Gasteiger charge is -2.17. The number of hydrogen-bond donors (Lipinski definition) is 0. The standard InChI is InChI=1S/C12H14F3NO/c1-7(2)11(8(3)17)10-5-4-9(6-16-10)12(13,14)15/h4-7,11H,1-3H3. The summed E-state index contributed by atoms with van der Waals surface area (Å²) in [4.78, 5) is 15.2. The molecule has 5 heteroatoms. The van der Waals surface area contributed by atoms with Gasteiger partial charge in [-0.15, -0.1) is 0 Å². The van der Waals surface area contributed by atoms with Crippen molar-refractivity contribution in [2.45, 2.75) is 32.9 Å². The predicted molar refractivity (Wildman–Crippen MR) is 57.5 cm³/mol. The summed E-state index contributed by atoms with van der Waals surface area (Å²) in [7, 11) is 0. The molecular weight excluding hydrogens is 231 g/mol. The van der Waals surface area contributed by atoms with Crippen LogP contribution in [0.5, 0.6) is 0 Å². The van der Waals surface area contributed by atoms with Gasteiger partial charge in [0, 0.05) is 6.20 Å². The van der Waals surface area contributed by atoms with E-state index in [0.717, 1.165) is 12.3 Å². The Morgan fingerprint density at radius 3 is 2.18 bits per heavy atom. The van der Waals surface area contributed by atoms with Crippen LogP contribution in [0.2, 0.25) is 0 Å². The van der Waals surface area contributed by atoms with Gasteiger partial charge in [0.05, 0.1) is 17.2 Å². The van der Waals surface area contributed by atoms with E-state index in [1.807, 2.05) is 13.8 Å². The van der Waals surface area contributed by atoms with Gasteiger partial charge >= 0.3 is 6.18 Å². The van der Waals surface area contributed by atoms with Crippen LogP contribution in [-0.2, 0) is 11.0 Å². The topological polar surface area (TPSA) is 30.0 Å². The fourth-order valence-corrected chi connectivity index (χ4v) is 1.78. The third-order valence-electron chi connectivity index (χ3n) is 2.54. The number of nitrogens with zero attached hydrogens (tertiary/aromatic N) is 1. The van der Waals surface area contributed by atoms with Crippen molar-refractivity contribution in [2.75, 3.05) is 0 Å². The predicted octanol–water partition coefficient (Wildman–Crippen LogP) is 3.43. The van der Waals surface area contributed by atoms with Gasteiger partial charge in [0.2, 0.25) is 0 Å². The lowest BCUT2D eigenvalue weighted by Crippen LogP contribution is -2.17. The molecule has 1 atom stereocenters. The van der Waals surface area contributed by atoms with Crippen molar-refractivity contribution in [3.8, 4) is 0 Å². The molecule has 0 aromatic carbocycles. The minimum Gasteiger partial charge on any atom is -0.299 e. The molecule has 1 unspecified atom stereocenters. The van der Waals surface area contributed by atoms with Crippen LogP contribution in [0.3, 0.4) is 0 Å². The summed E-state index contributed by atoms with van der Waals surface area (Å²) >= 11 is 0. The highest BCUT2D eigenvalue weighted by molar-refractivity contribution is 5.83. The summed E-state index contributed by atoms with van der Waals surface area (Å²) in [6.45, 7) is 5.10. The first kappa shape index (κ1) is 13.7. The number of rotatable bonds is 3. The Hall–Kier alpha value is -1.39. The Kier molecular flexibility index (Phi) is 3.91. The molecule has 0 radical (unpaired) electrons. The molecule has 0 aliphatic heterocycles. The number of halogens is 3. The molecule has 0 N–H and O–H groups in total. The maximum atomic E-state index is 12.3. The third kappa shape index (κ3) is 3.28. The van der Waals surface area contributed by atoms with Crippen molar-refractivity contribution in [1.29, 1.82) is 0 Å². The Labute approximate surface area is 97.9 Å². The lowest BCUT2D eigenvalue weighted by molar-refractivity contribution is -0.137. The first-order valence-electron chi connectivity index (χ1n) is 5.27. The molecule has 2 nitrogen and oxygen atoms in total. The average molecular weight is 245 g/mol. The van der Waals surface area contributed by atoms with Gasteiger partial charge in [-0.25, -0.2) is 0 Å². The van der Waals surface area contributed by atoms with Crippen LogP contribution in [0.1, 0.15) is 37.9 Å². The Morgan fingerprint density at radius 2 is 1.88 bits per heavy atom. The van der Waals surface area contributed by atoms with E-state index in [1.54, 1.807) is 0 Å². The van der Waals surface area contributed by atoms with Crippen LogP contribution in [0.15, 0.2) is 18.3 Å². The number of Topliss-reactive ketones (excluding diaryl/α,β-unsaturated/α-hetero) is 1. The van der Waals surface area contributed by atoms with E-state index in [4.69, 9.17) is 0 Å². The summed E-state index contributed by atoms with van der Waals surface area (Å²) in [5, 5.41) is 0. The maximum absolute atomic E-state index is 12.3. The van der Waals surface area contributed by atoms with Crippen LogP contribution in [0.25, 0.3) is 0 Å². The average Bonchev–Trinajstić information content (AvgIpc) is 2.15. The number of hydrogen-bond acceptors (Lipinski definition) is 2. The Bertz CT molecular complexity index is 395. The third-order valence-corrected chi connectivity index (χ3v) is 2.54. The summed E-state index contributed by atoms with van der Waals surface area (Å²) < 4.78 is 37.0. The van der Waals surface area contributed by atoms with Crippen LogP contribution in [0.4, 0.5) is 13.2 Å². The molecule has 0 bridgehead atoms. The molecule has 0 saturated carbocycles. The highest BCUT2D eigenvalue weighted by Gasteiger charge is 2.31. The van der Waals surface area contributed by atoms with Gasteiger partial charge in [-0.05, 0) is 25.0 Å². The van der Waals surface area contributed by atoms with E-state index in [9.17, 15) is 18.0 Å². The minimum atomic E-state index is -4.39. The van der Waals surface area contributed by atoms with Crippen LogP contribution >= 0.6 is 0 Å². The largest absolute Gasteiger partial charge is 0.417 e. The van der Waals surface area contributed by atoms with Crippen molar-refractivity contribution < 1.29 is 18.0 Å². The number of alkyl halides is 3. The van der Waals surface area contributed by atoms with E-state index in [1.165, 1.54) is 13.0 Å². The smallest absolute Gasteiger partial charge is 0.299 e. The molecule has 1 aromatic rings. The zero-order chi connectivity index (χ0) is 13.2. The number of pyridine rings is 1. The van der Waals surface area contributed by atoms with Crippen LogP contribution in [-0.4, -0.2) is 10.8 Å². The van der Waals surface area contributed by atoms with Gasteiger partial charge in [-0.1, -0.05) is 13.8 Å². The van der Waals surface area contributed by atoms with E-state index >= 15 is 0 Å². The van der Waals surface area contributed by atoms with Crippen LogP contribution < -0.4 is 0 Å². The second-order valence-electron chi connectivity index (χ2n) is 4.30. The molecule has 0 fully saturated rings. The molecule has 17 heavy (non-hydrogen) atoms. The fraction of sp³-hybridized carbons (Fsp3) is 0.500. The van der Waals surface area contributed by atoms with Gasteiger partial charge in [-0.2, -0.15) is 13.2 Å². The second-order valence-corrected chi connectivity index (χ2v) is 4.30. The molecule has 0 aliphatic rings. The van der Waals surface area contributed by atoms with Crippen molar-refractivity contribution in [3.05, 3.63) is 29.6 Å². The molecule has 0 aliphatic carbocycles. The van der Waals surface area contributed by atoms with Crippen LogP contribution in [0, 0.1) is 5.92 Å². The first-order valence-corrected chi connectivity index (χ1v) is 5.27. The van der Waals surface area contributed by atoms with Crippen molar-refractivity contribution >= 4 is 5.78 Å². The molecule has 1 heterocycles. The molecular formula is C12H14F3NO. The van der Waals surface area contributed by atoms with E-state index in [-0.39, 0.29) is 11.7 Å². The van der Waals surface area contributed by atoms with Crippen molar-refractivity contribution in [1.82, 2.24) is 4.98 Å². The van der Waals surface area contributed by atoms with E-state index in [0.29, 0.717) is 5.69 Å². The normalized spacial score (nSPS) is 13.8. The quantitative estimate of drug-likeness (QED) is 0.816. The number of carbonyl (C=O) groups is 1. The minimum absolute atomic E-state index is 0.0109. The summed E-state index contributed by atoms with van der Waals surface area (Å²) in [5.74, 6) is -0.527. The highest BCUT2D eigenvalue weighted by atomic mass is 19.4. The zero-order valence-electron chi connectivity index (χ0n) is 9.88. The fourth-order valence-electron chi connectivity index (χ4n) is 1.78. The van der Waals surface area contributed by atoms with Gasteiger partial charge in [-0.3, -0.25) is 9.78 Å². The van der Waals surface area contributed by atoms with Crippen molar-refractivity contribution in [3.63, 3.8) is 0 Å². The lowest BCUT2D eigenvalue weighted by atomic mass is 9.88. The van der Waals surface area contributed by atoms with E-state index < -0.39 is 17.7 Å². The SMILES string of the molecule is CC(=O)C(c1ccc(C(F)(F)F)cn1)C(C)C. The monoisotopic (exact) mass is 245 g/mol. The van der Waals surface area contributed by atoms with Gasteiger partial charge in [0.15, 0.2) is 0 Å². The molecule has 1 rings (SSSR count). The Balaban J connectivity index is 3.05. The van der Waals surface area contributed by atoms with Gasteiger partial charge in [0.25, 0.3) is 0 Å². The zero-order valence-corrected chi connectivity index (χ0v) is 9.88. The molecule has 0 amide bonds. The van der Waals surface area contributed by atoms with E-state index in [2.05, 4.69) is 4.98 Å². The molecule has 94 valence electrons. The number of aromatic nitrogens is 1. The highest BCUT2D eigenvalue weighted by Crippen LogP contribution is 2.30. The van der Waals surface area contributed by atoms with Gasteiger partial charge in [0.1, 0.15) is 5.78 Å². The number of ketones is 1. The summed E-state index contributed by atoms with van der Waals surface area (Å²) in [6, 6.07) is 2.23. The summed E-state index contributed by atoms with van der Waals surface area (Å²) in [5.41, 5.74) is -0.409. The maximum Gasteiger partial charge on any atom is 0.417 e. The molecule has 1 aromatic heterocycles. The first-order chi connectivity index (χ1) is 7.73. The molecule has 0 saturated heterocycles. The second kappa shape index (κ2) is 4.85.